The first-order chi connectivity index (χ1) is 13.1. The Morgan fingerprint density at radius 1 is 1.19 bits per heavy atom. The molecule has 1 aromatic carbocycles. The van der Waals surface area contributed by atoms with Crippen LogP contribution in [0.3, 0.4) is 0 Å². The molecule has 2 aliphatic heterocycles. The zero-order valence-electron chi connectivity index (χ0n) is 14.4. The Morgan fingerprint density at radius 3 is 2.93 bits per heavy atom. The molecule has 1 fully saturated rings. The van der Waals surface area contributed by atoms with Gasteiger partial charge in [0, 0.05) is 42.5 Å². The number of rotatable bonds is 2. The van der Waals surface area contributed by atoms with Crippen molar-refractivity contribution in [2.75, 3.05) is 6.61 Å². The van der Waals surface area contributed by atoms with Crippen LogP contribution in [0, 0.1) is 11.6 Å². The second-order valence-corrected chi connectivity index (χ2v) is 7.06. The van der Waals surface area contributed by atoms with Gasteiger partial charge in [0.05, 0.1) is 18.5 Å². The van der Waals surface area contributed by atoms with E-state index in [4.69, 9.17) is 10.5 Å². The number of nitrogens with zero attached hydrogens (tertiary/aromatic N) is 5. The molecule has 3 aromatic rings. The highest BCUT2D eigenvalue weighted by Gasteiger charge is 2.37. The van der Waals surface area contributed by atoms with Crippen LogP contribution in [0.2, 0.25) is 0 Å². The number of ether oxygens (including phenoxy) is 1. The number of fused-ring (bicyclic) bond motifs is 3. The van der Waals surface area contributed by atoms with Gasteiger partial charge in [-0.15, -0.1) is 4.63 Å². The predicted octanol–water partition coefficient (Wildman–Crippen LogP) is 1.58. The monoisotopic (exact) mass is 372 g/mol. The van der Waals surface area contributed by atoms with Crippen LogP contribution in [-0.2, 0) is 17.8 Å². The van der Waals surface area contributed by atoms with E-state index in [9.17, 15) is 8.78 Å². The normalized spacial score (nSPS) is 25.8. The molecule has 2 N–H and O–H groups in total. The van der Waals surface area contributed by atoms with Gasteiger partial charge >= 0.3 is 0 Å². The molecule has 2 aliphatic rings. The average molecular weight is 372 g/mol. The molecule has 4 heterocycles. The lowest BCUT2D eigenvalue weighted by atomic mass is 9.93. The molecule has 1 saturated heterocycles. The van der Waals surface area contributed by atoms with E-state index in [1.807, 2.05) is 0 Å². The largest absolute Gasteiger partial charge is 0.370 e. The summed E-state index contributed by atoms with van der Waals surface area (Å²) in [6.45, 7) is 1.76. The lowest BCUT2D eigenvalue weighted by Crippen LogP contribution is -2.47. The summed E-state index contributed by atoms with van der Waals surface area (Å²) in [6, 6.07) is 3.03. The van der Waals surface area contributed by atoms with Crippen LogP contribution < -0.4 is 5.73 Å². The third kappa shape index (κ3) is 2.78. The standard InChI is InChI=1S/C18H18F2N6O/c19-10-1-2-14(20)12(5-10)17-15(21)6-11(9-27-17)25-7-13-16(8-25)24-26-18(13)22-3-4-23-26/h1-5,11,15,17H,6-9,21H2/t11?,15?,17-/m1/s1. The van der Waals surface area contributed by atoms with Crippen LogP contribution >= 0.6 is 0 Å². The van der Waals surface area contributed by atoms with E-state index in [0.29, 0.717) is 26.1 Å². The van der Waals surface area contributed by atoms with Crippen LogP contribution in [0.4, 0.5) is 8.78 Å². The summed E-state index contributed by atoms with van der Waals surface area (Å²) in [5, 5.41) is 8.65. The van der Waals surface area contributed by atoms with E-state index in [1.54, 1.807) is 17.0 Å². The van der Waals surface area contributed by atoms with E-state index in [2.05, 4.69) is 20.1 Å². The van der Waals surface area contributed by atoms with Crippen LogP contribution in [0.1, 0.15) is 29.3 Å². The zero-order valence-corrected chi connectivity index (χ0v) is 14.4. The Morgan fingerprint density at radius 2 is 2.07 bits per heavy atom. The molecule has 27 heavy (non-hydrogen) atoms. The molecule has 0 radical (unpaired) electrons. The maximum atomic E-state index is 14.1. The van der Waals surface area contributed by atoms with Crippen molar-refractivity contribution in [3.05, 3.63) is 59.0 Å². The van der Waals surface area contributed by atoms with Crippen molar-refractivity contribution in [1.82, 2.24) is 24.7 Å². The molecule has 9 heteroatoms. The number of hydrogen-bond donors (Lipinski definition) is 1. The molecular formula is C18H18F2N6O. The van der Waals surface area contributed by atoms with Gasteiger partial charge in [0.1, 0.15) is 17.7 Å². The first kappa shape index (κ1) is 16.7. The Bertz CT molecular complexity index is 1010. The van der Waals surface area contributed by atoms with Gasteiger partial charge in [-0.1, -0.05) is 0 Å². The Hall–Kier alpha value is -2.49. The first-order valence-electron chi connectivity index (χ1n) is 8.84. The van der Waals surface area contributed by atoms with E-state index in [0.717, 1.165) is 35.1 Å². The van der Waals surface area contributed by atoms with Crippen molar-refractivity contribution in [1.29, 1.82) is 0 Å². The Labute approximate surface area is 153 Å². The molecule has 0 spiro atoms. The van der Waals surface area contributed by atoms with Crippen LogP contribution in [0.5, 0.6) is 0 Å². The smallest absolute Gasteiger partial charge is 0.180 e. The van der Waals surface area contributed by atoms with E-state index in [-0.39, 0.29) is 11.6 Å². The highest BCUT2D eigenvalue weighted by Crippen LogP contribution is 2.34. The summed E-state index contributed by atoms with van der Waals surface area (Å²) < 4.78 is 35.0. The maximum Gasteiger partial charge on any atom is 0.180 e. The van der Waals surface area contributed by atoms with E-state index < -0.39 is 23.8 Å². The molecule has 0 aliphatic carbocycles. The summed E-state index contributed by atoms with van der Waals surface area (Å²) in [5.41, 5.74) is 9.23. The van der Waals surface area contributed by atoms with Crippen LogP contribution in [-0.4, -0.2) is 43.4 Å². The van der Waals surface area contributed by atoms with Gasteiger partial charge in [0.25, 0.3) is 0 Å². The van der Waals surface area contributed by atoms with Gasteiger partial charge in [-0.2, -0.15) is 10.2 Å². The highest BCUT2D eigenvalue weighted by atomic mass is 19.1. The summed E-state index contributed by atoms with van der Waals surface area (Å²) in [4.78, 5) is 6.60. The van der Waals surface area contributed by atoms with E-state index >= 15 is 0 Å². The second kappa shape index (κ2) is 6.29. The van der Waals surface area contributed by atoms with Crippen LogP contribution in [0.15, 0.2) is 30.6 Å². The Balaban J connectivity index is 1.32. The van der Waals surface area contributed by atoms with Gasteiger partial charge in [0.2, 0.25) is 0 Å². The van der Waals surface area contributed by atoms with Gasteiger partial charge in [0.15, 0.2) is 5.65 Å². The molecule has 0 saturated carbocycles. The van der Waals surface area contributed by atoms with Gasteiger partial charge in [-0.05, 0) is 24.6 Å². The summed E-state index contributed by atoms with van der Waals surface area (Å²) in [7, 11) is 0. The number of nitrogens with two attached hydrogens (primary N) is 1. The quantitative estimate of drug-likeness (QED) is 0.736. The van der Waals surface area contributed by atoms with Crippen molar-refractivity contribution >= 4 is 5.65 Å². The Kier molecular flexibility index (Phi) is 3.88. The third-order valence-electron chi connectivity index (χ3n) is 5.36. The predicted molar refractivity (Wildman–Crippen MR) is 91.5 cm³/mol. The maximum absolute atomic E-state index is 14.1. The molecule has 3 atom stereocenters. The molecule has 0 amide bonds. The molecular weight excluding hydrogens is 354 g/mol. The van der Waals surface area contributed by atoms with Gasteiger partial charge in [-0.25, -0.2) is 13.8 Å². The third-order valence-corrected chi connectivity index (χ3v) is 5.36. The molecule has 2 aromatic heterocycles. The first-order valence-corrected chi connectivity index (χ1v) is 8.84. The molecule has 5 rings (SSSR count). The summed E-state index contributed by atoms with van der Waals surface area (Å²) in [6.07, 6.45) is 3.23. The van der Waals surface area contributed by atoms with Gasteiger partial charge < -0.3 is 10.5 Å². The lowest BCUT2D eigenvalue weighted by molar-refractivity contribution is -0.0532. The SMILES string of the molecule is NC1CC(N2Cc3nn4nccnc4c3C2)CO[C@@H]1c1cc(F)ccc1F. The van der Waals surface area contributed by atoms with Crippen molar-refractivity contribution in [2.45, 2.75) is 37.7 Å². The minimum absolute atomic E-state index is 0.0822. The van der Waals surface area contributed by atoms with Gasteiger partial charge in [-0.3, -0.25) is 4.90 Å². The molecule has 7 nitrogen and oxygen atoms in total. The van der Waals surface area contributed by atoms with E-state index in [1.165, 1.54) is 0 Å². The fourth-order valence-electron chi connectivity index (χ4n) is 4.03. The minimum atomic E-state index is -0.647. The second-order valence-electron chi connectivity index (χ2n) is 7.06. The van der Waals surface area contributed by atoms with Crippen molar-refractivity contribution in [2.24, 2.45) is 5.73 Å². The van der Waals surface area contributed by atoms with Crippen molar-refractivity contribution in [3.63, 3.8) is 0 Å². The lowest BCUT2D eigenvalue weighted by Gasteiger charge is -2.38. The summed E-state index contributed by atoms with van der Waals surface area (Å²) in [5.74, 6) is -0.994. The number of benzene rings is 1. The summed E-state index contributed by atoms with van der Waals surface area (Å²) >= 11 is 0. The van der Waals surface area contributed by atoms with Crippen molar-refractivity contribution < 1.29 is 13.5 Å². The molecule has 140 valence electrons. The number of halogens is 2. The van der Waals surface area contributed by atoms with Crippen molar-refractivity contribution in [3.8, 4) is 0 Å². The minimum Gasteiger partial charge on any atom is -0.370 e. The fraction of sp³-hybridized carbons (Fsp3) is 0.389. The number of aromatic nitrogens is 4. The average Bonchev–Trinajstić information content (AvgIpc) is 3.22. The molecule has 0 bridgehead atoms. The highest BCUT2D eigenvalue weighted by molar-refractivity contribution is 5.50. The zero-order chi connectivity index (χ0) is 18.5. The fourth-order valence-corrected chi connectivity index (χ4v) is 4.03. The topological polar surface area (TPSA) is 81.6 Å². The number of hydrogen-bond acceptors (Lipinski definition) is 6. The van der Waals surface area contributed by atoms with Crippen LogP contribution in [0.25, 0.3) is 5.65 Å². The molecule has 2 unspecified atom stereocenters.